The van der Waals surface area contributed by atoms with Crippen LogP contribution >= 0.6 is 0 Å². The Kier molecular flexibility index (Phi) is 5.09. The second kappa shape index (κ2) is 6.28. The van der Waals surface area contributed by atoms with Crippen molar-refractivity contribution < 1.29 is 45.7 Å². The molecule has 0 aliphatic rings. The lowest BCUT2D eigenvalue weighted by atomic mass is 10.1. The number of ether oxygens (including phenoxy) is 2. The lowest BCUT2D eigenvalue weighted by molar-refractivity contribution is -0.276. The Labute approximate surface area is 119 Å². The number of aromatic hydroxyl groups is 1. The summed E-state index contributed by atoms with van der Waals surface area (Å²) in [5, 5.41) is 9.18. The lowest BCUT2D eigenvalue weighted by Gasteiger charge is -2.15. The zero-order valence-corrected chi connectivity index (χ0v) is 10.9. The van der Waals surface area contributed by atoms with Gasteiger partial charge in [-0.2, -0.15) is 13.2 Å². The zero-order valence-electron chi connectivity index (χ0n) is 10.9. The fraction of sp³-hybridized carbons (Fsp3) is 0.455. The van der Waals surface area contributed by atoms with Crippen molar-refractivity contribution in [2.45, 2.75) is 25.9 Å². The number of nitrogens with zero attached hydrogens (tertiary/aromatic N) is 1. The van der Waals surface area contributed by atoms with Crippen LogP contribution in [-0.2, 0) is 22.1 Å². The van der Waals surface area contributed by atoms with Crippen LogP contribution in [0.25, 0.3) is 0 Å². The number of rotatable bonds is 4. The Morgan fingerprint density at radius 1 is 1.27 bits per heavy atom. The summed E-state index contributed by atoms with van der Waals surface area (Å²) in [4.78, 5) is 14.2. The van der Waals surface area contributed by atoms with Crippen molar-refractivity contribution in [2.24, 2.45) is 0 Å². The largest absolute Gasteiger partial charge is 0.574 e. The van der Waals surface area contributed by atoms with Gasteiger partial charge in [-0.15, -0.1) is 13.2 Å². The second-order valence-electron chi connectivity index (χ2n) is 3.83. The SMILES string of the molecule is CCOC(=O)Cc1nc(OC(F)(F)F)c(O)cc1C(F)(F)F. The average Bonchev–Trinajstić information content (AvgIpc) is 2.30. The zero-order chi connectivity index (χ0) is 17.1. The Balaban J connectivity index is 3.29. The van der Waals surface area contributed by atoms with Crippen LogP contribution in [0.4, 0.5) is 26.3 Å². The monoisotopic (exact) mass is 333 g/mol. The van der Waals surface area contributed by atoms with E-state index in [1.54, 1.807) is 0 Å². The third kappa shape index (κ3) is 4.97. The Hall–Kier alpha value is -2.20. The first kappa shape index (κ1) is 17.9. The lowest BCUT2D eigenvalue weighted by Crippen LogP contribution is -2.21. The second-order valence-corrected chi connectivity index (χ2v) is 3.83. The van der Waals surface area contributed by atoms with Gasteiger partial charge in [-0.05, 0) is 13.0 Å². The minimum absolute atomic E-state index is 0.00261. The van der Waals surface area contributed by atoms with Gasteiger partial charge in [0.25, 0.3) is 5.88 Å². The molecule has 0 spiro atoms. The topological polar surface area (TPSA) is 68.7 Å². The molecule has 0 aliphatic carbocycles. The van der Waals surface area contributed by atoms with Gasteiger partial charge in [0.2, 0.25) is 0 Å². The third-order valence-electron chi connectivity index (χ3n) is 2.18. The van der Waals surface area contributed by atoms with Gasteiger partial charge in [-0.1, -0.05) is 0 Å². The van der Waals surface area contributed by atoms with E-state index in [9.17, 15) is 36.2 Å². The van der Waals surface area contributed by atoms with E-state index in [-0.39, 0.29) is 12.7 Å². The number of pyridine rings is 1. The maximum absolute atomic E-state index is 12.8. The van der Waals surface area contributed by atoms with Crippen molar-refractivity contribution in [2.75, 3.05) is 6.61 Å². The molecule has 0 amide bonds. The summed E-state index contributed by atoms with van der Waals surface area (Å²) in [5.74, 6) is -4.07. The Bertz CT molecular complexity index is 555. The molecular weight excluding hydrogens is 324 g/mol. The first-order valence-electron chi connectivity index (χ1n) is 5.65. The molecule has 0 aromatic carbocycles. The molecular formula is C11H9F6NO4. The van der Waals surface area contributed by atoms with Gasteiger partial charge < -0.3 is 14.6 Å². The van der Waals surface area contributed by atoms with Gasteiger partial charge in [0.05, 0.1) is 24.3 Å². The molecule has 0 radical (unpaired) electrons. The highest BCUT2D eigenvalue weighted by molar-refractivity contribution is 5.72. The van der Waals surface area contributed by atoms with E-state index >= 15 is 0 Å². The summed E-state index contributed by atoms with van der Waals surface area (Å²) in [7, 11) is 0. The Morgan fingerprint density at radius 3 is 2.32 bits per heavy atom. The molecule has 0 atom stereocenters. The predicted molar refractivity (Wildman–Crippen MR) is 57.9 cm³/mol. The molecule has 11 heteroatoms. The molecule has 1 rings (SSSR count). The number of esters is 1. The average molecular weight is 333 g/mol. The molecule has 0 aliphatic heterocycles. The molecule has 0 unspecified atom stereocenters. The van der Waals surface area contributed by atoms with E-state index < -0.39 is 47.8 Å². The molecule has 1 aromatic rings. The standard InChI is InChI=1S/C11H9F6NO4/c1-2-21-8(20)4-6-5(10(12,13)14)3-7(19)9(18-6)22-11(15,16)17/h3,19H,2,4H2,1H3. The molecule has 1 heterocycles. The molecule has 124 valence electrons. The highest BCUT2D eigenvalue weighted by atomic mass is 19.4. The van der Waals surface area contributed by atoms with Gasteiger partial charge in [0, 0.05) is 0 Å². The Morgan fingerprint density at radius 2 is 1.86 bits per heavy atom. The molecule has 0 fully saturated rings. The smallest absolute Gasteiger partial charge is 0.503 e. The molecule has 0 bridgehead atoms. The van der Waals surface area contributed by atoms with Crippen LogP contribution in [0.2, 0.25) is 0 Å². The summed E-state index contributed by atoms with van der Waals surface area (Å²) in [5.41, 5.74) is -2.62. The fourth-order valence-electron chi connectivity index (χ4n) is 1.44. The van der Waals surface area contributed by atoms with Gasteiger partial charge >= 0.3 is 18.5 Å². The number of hydrogen-bond acceptors (Lipinski definition) is 5. The molecule has 5 nitrogen and oxygen atoms in total. The van der Waals surface area contributed by atoms with Gasteiger partial charge in [0.15, 0.2) is 5.75 Å². The molecule has 22 heavy (non-hydrogen) atoms. The van der Waals surface area contributed by atoms with Crippen molar-refractivity contribution in [3.8, 4) is 11.6 Å². The molecule has 1 N–H and O–H groups in total. The van der Waals surface area contributed by atoms with Crippen molar-refractivity contribution in [1.82, 2.24) is 4.98 Å². The van der Waals surface area contributed by atoms with E-state index in [0.29, 0.717) is 0 Å². The van der Waals surface area contributed by atoms with E-state index in [2.05, 4.69) is 14.5 Å². The summed E-state index contributed by atoms with van der Waals surface area (Å²) < 4.78 is 82.3. The van der Waals surface area contributed by atoms with Gasteiger partial charge in [-0.25, -0.2) is 4.98 Å². The number of aromatic nitrogens is 1. The molecule has 0 saturated carbocycles. The van der Waals surface area contributed by atoms with Crippen LogP contribution in [0.1, 0.15) is 18.2 Å². The minimum Gasteiger partial charge on any atom is -0.503 e. The summed E-state index contributed by atoms with van der Waals surface area (Å²) >= 11 is 0. The third-order valence-corrected chi connectivity index (χ3v) is 2.18. The van der Waals surface area contributed by atoms with Crippen LogP contribution in [0, 0.1) is 0 Å². The summed E-state index contributed by atoms with van der Waals surface area (Å²) in [6.45, 7) is 1.26. The van der Waals surface area contributed by atoms with Gasteiger partial charge in [-0.3, -0.25) is 4.79 Å². The van der Waals surface area contributed by atoms with Crippen molar-refractivity contribution in [3.63, 3.8) is 0 Å². The summed E-state index contributed by atoms with van der Waals surface area (Å²) in [6, 6.07) is 0.00261. The number of halogens is 6. The number of carbonyl (C=O) groups excluding carboxylic acids is 1. The maximum Gasteiger partial charge on any atom is 0.574 e. The van der Waals surface area contributed by atoms with E-state index in [1.807, 2.05) is 0 Å². The minimum atomic E-state index is -5.27. The van der Waals surface area contributed by atoms with E-state index in [4.69, 9.17) is 0 Å². The quantitative estimate of drug-likeness (QED) is 0.678. The van der Waals surface area contributed by atoms with Crippen molar-refractivity contribution in [3.05, 3.63) is 17.3 Å². The number of alkyl halides is 6. The predicted octanol–water partition coefficient (Wildman–Crippen LogP) is 2.81. The number of carbonyl (C=O) groups is 1. The van der Waals surface area contributed by atoms with Crippen molar-refractivity contribution >= 4 is 5.97 Å². The van der Waals surface area contributed by atoms with Crippen LogP contribution in [0.5, 0.6) is 11.6 Å². The fourth-order valence-corrected chi connectivity index (χ4v) is 1.44. The van der Waals surface area contributed by atoms with E-state index in [1.165, 1.54) is 6.92 Å². The first-order valence-corrected chi connectivity index (χ1v) is 5.65. The normalized spacial score (nSPS) is 12.1. The van der Waals surface area contributed by atoms with Gasteiger partial charge in [0.1, 0.15) is 0 Å². The maximum atomic E-state index is 12.8. The van der Waals surface area contributed by atoms with Crippen molar-refractivity contribution in [1.29, 1.82) is 0 Å². The highest BCUT2D eigenvalue weighted by Crippen LogP contribution is 2.38. The van der Waals surface area contributed by atoms with Crippen LogP contribution in [0.3, 0.4) is 0 Å². The number of hydrogen-bond donors (Lipinski definition) is 1. The van der Waals surface area contributed by atoms with E-state index in [0.717, 1.165) is 0 Å². The van der Waals surface area contributed by atoms with Crippen LogP contribution < -0.4 is 4.74 Å². The highest BCUT2D eigenvalue weighted by Gasteiger charge is 2.38. The summed E-state index contributed by atoms with van der Waals surface area (Å²) in [6.07, 6.45) is -11.3. The van der Waals surface area contributed by atoms with Crippen LogP contribution in [0.15, 0.2) is 6.07 Å². The molecule has 0 saturated heterocycles. The molecule has 1 aromatic heterocycles. The van der Waals surface area contributed by atoms with Crippen LogP contribution in [-0.4, -0.2) is 29.0 Å². The first-order chi connectivity index (χ1) is 9.94.